The third kappa shape index (κ3) is 6.38. The minimum atomic E-state index is -2.78. The van der Waals surface area contributed by atoms with E-state index in [2.05, 4.69) is 12.2 Å². The standard InChI is InChI=1S/C10H23NO2S/c1-4-6-10(9-11-3)7-8-14(12,13)5-2/h10-11H,4-9H2,1-3H3. The molecule has 0 saturated heterocycles. The molecule has 3 nitrogen and oxygen atoms in total. The molecule has 0 rings (SSSR count). The van der Waals surface area contributed by atoms with Gasteiger partial charge < -0.3 is 5.32 Å². The lowest BCUT2D eigenvalue weighted by molar-refractivity contribution is 0.444. The summed E-state index contributed by atoms with van der Waals surface area (Å²) in [6.45, 7) is 4.77. The van der Waals surface area contributed by atoms with Crippen molar-refractivity contribution in [3.63, 3.8) is 0 Å². The first-order valence-electron chi connectivity index (χ1n) is 5.40. The van der Waals surface area contributed by atoms with Gasteiger partial charge in [0.1, 0.15) is 9.84 Å². The largest absolute Gasteiger partial charge is 0.319 e. The number of nitrogens with one attached hydrogen (secondary N) is 1. The highest BCUT2D eigenvalue weighted by molar-refractivity contribution is 7.91. The second-order valence-corrected chi connectivity index (χ2v) is 6.21. The molecule has 0 aromatic carbocycles. The smallest absolute Gasteiger partial charge is 0.150 e. The van der Waals surface area contributed by atoms with Gasteiger partial charge in [0.2, 0.25) is 0 Å². The van der Waals surface area contributed by atoms with E-state index in [9.17, 15) is 8.42 Å². The second-order valence-electron chi connectivity index (χ2n) is 3.74. The van der Waals surface area contributed by atoms with E-state index in [1.165, 1.54) is 0 Å². The molecule has 0 heterocycles. The summed E-state index contributed by atoms with van der Waals surface area (Å²) < 4.78 is 22.6. The molecule has 0 saturated carbocycles. The van der Waals surface area contributed by atoms with Crippen LogP contribution in [0.2, 0.25) is 0 Å². The fraction of sp³-hybridized carbons (Fsp3) is 1.00. The van der Waals surface area contributed by atoms with E-state index in [0.29, 0.717) is 11.7 Å². The molecular weight excluding hydrogens is 198 g/mol. The zero-order valence-corrected chi connectivity index (χ0v) is 10.4. The quantitative estimate of drug-likeness (QED) is 0.675. The molecule has 1 atom stereocenters. The lowest BCUT2D eigenvalue weighted by atomic mass is 10.0. The fourth-order valence-corrected chi connectivity index (χ4v) is 2.52. The molecule has 0 aromatic rings. The highest BCUT2D eigenvalue weighted by Gasteiger charge is 2.12. The molecular formula is C10H23NO2S. The monoisotopic (exact) mass is 221 g/mol. The molecule has 0 fully saturated rings. The van der Waals surface area contributed by atoms with Crippen LogP contribution in [0.4, 0.5) is 0 Å². The molecule has 1 unspecified atom stereocenters. The Balaban J connectivity index is 3.92. The molecule has 0 aliphatic rings. The van der Waals surface area contributed by atoms with Gasteiger partial charge in [-0.1, -0.05) is 20.3 Å². The van der Waals surface area contributed by atoms with Crippen LogP contribution in [0.5, 0.6) is 0 Å². The maximum absolute atomic E-state index is 11.3. The first-order valence-corrected chi connectivity index (χ1v) is 7.22. The van der Waals surface area contributed by atoms with Crippen molar-refractivity contribution in [2.75, 3.05) is 25.1 Å². The zero-order chi connectivity index (χ0) is 11.0. The summed E-state index contributed by atoms with van der Waals surface area (Å²) in [5.41, 5.74) is 0. The third-order valence-corrected chi connectivity index (χ3v) is 4.20. The van der Waals surface area contributed by atoms with Crippen LogP contribution in [0.25, 0.3) is 0 Å². The normalized spacial score (nSPS) is 14.2. The fourth-order valence-electron chi connectivity index (χ4n) is 1.54. The van der Waals surface area contributed by atoms with E-state index in [1.807, 2.05) is 7.05 Å². The molecule has 86 valence electrons. The summed E-state index contributed by atoms with van der Waals surface area (Å²) in [7, 11) is -0.865. The van der Waals surface area contributed by atoms with Gasteiger partial charge in [-0.15, -0.1) is 0 Å². The van der Waals surface area contributed by atoms with E-state index in [4.69, 9.17) is 0 Å². The minimum absolute atomic E-state index is 0.269. The van der Waals surface area contributed by atoms with Crippen LogP contribution in [0.3, 0.4) is 0 Å². The third-order valence-electron chi connectivity index (χ3n) is 2.47. The van der Waals surface area contributed by atoms with Crippen LogP contribution >= 0.6 is 0 Å². The molecule has 0 amide bonds. The average Bonchev–Trinajstić information content (AvgIpc) is 2.15. The van der Waals surface area contributed by atoms with Crippen LogP contribution in [-0.4, -0.2) is 33.5 Å². The van der Waals surface area contributed by atoms with Gasteiger partial charge in [0.15, 0.2) is 0 Å². The Morgan fingerprint density at radius 1 is 1.21 bits per heavy atom. The summed E-state index contributed by atoms with van der Waals surface area (Å²) >= 11 is 0. The maximum atomic E-state index is 11.3. The summed E-state index contributed by atoms with van der Waals surface area (Å²) in [6, 6.07) is 0. The van der Waals surface area contributed by atoms with Crippen molar-refractivity contribution in [3.8, 4) is 0 Å². The lowest BCUT2D eigenvalue weighted by Gasteiger charge is -2.14. The van der Waals surface area contributed by atoms with Gasteiger partial charge in [-0.2, -0.15) is 0 Å². The highest BCUT2D eigenvalue weighted by atomic mass is 32.2. The first-order chi connectivity index (χ1) is 6.55. The lowest BCUT2D eigenvalue weighted by Crippen LogP contribution is -2.22. The van der Waals surface area contributed by atoms with Crippen molar-refractivity contribution in [3.05, 3.63) is 0 Å². The van der Waals surface area contributed by atoms with Crippen molar-refractivity contribution >= 4 is 9.84 Å². The average molecular weight is 221 g/mol. The number of sulfone groups is 1. The Kier molecular flexibility index (Phi) is 7.19. The Morgan fingerprint density at radius 3 is 2.29 bits per heavy atom. The van der Waals surface area contributed by atoms with Crippen molar-refractivity contribution < 1.29 is 8.42 Å². The van der Waals surface area contributed by atoms with Gasteiger partial charge >= 0.3 is 0 Å². The molecule has 0 aliphatic carbocycles. The molecule has 0 aromatic heterocycles. The summed E-state index contributed by atoms with van der Waals surface area (Å²) in [6.07, 6.45) is 3.03. The Labute approximate surface area is 88.2 Å². The van der Waals surface area contributed by atoms with Crippen LogP contribution in [0, 0.1) is 5.92 Å². The Morgan fingerprint density at radius 2 is 1.86 bits per heavy atom. The molecule has 1 N–H and O–H groups in total. The Hall–Kier alpha value is -0.0900. The van der Waals surface area contributed by atoms with Gasteiger partial charge in [0, 0.05) is 5.75 Å². The second kappa shape index (κ2) is 7.23. The first kappa shape index (κ1) is 13.9. The SMILES string of the molecule is CCCC(CCS(=O)(=O)CC)CNC. The number of rotatable bonds is 8. The molecule has 0 spiro atoms. The number of hydrogen-bond acceptors (Lipinski definition) is 3. The summed E-state index contributed by atoms with van der Waals surface area (Å²) in [4.78, 5) is 0. The zero-order valence-electron chi connectivity index (χ0n) is 9.54. The van der Waals surface area contributed by atoms with Crippen molar-refractivity contribution in [1.82, 2.24) is 5.32 Å². The van der Waals surface area contributed by atoms with Gasteiger partial charge in [-0.3, -0.25) is 0 Å². The van der Waals surface area contributed by atoms with E-state index in [1.54, 1.807) is 6.92 Å². The maximum Gasteiger partial charge on any atom is 0.150 e. The van der Waals surface area contributed by atoms with Crippen molar-refractivity contribution in [2.45, 2.75) is 33.1 Å². The van der Waals surface area contributed by atoms with Gasteiger partial charge in [-0.05, 0) is 32.4 Å². The van der Waals surface area contributed by atoms with Crippen LogP contribution in [0.1, 0.15) is 33.1 Å². The van der Waals surface area contributed by atoms with E-state index in [-0.39, 0.29) is 5.75 Å². The topological polar surface area (TPSA) is 46.2 Å². The predicted octanol–water partition coefficient (Wildman–Crippen LogP) is 1.45. The van der Waals surface area contributed by atoms with Gasteiger partial charge in [-0.25, -0.2) is 8.42 Å². The Bertz CT molecular complexity index is 218. The highest BCUT2D eigenvalue weighted by Crippen LogP contribution is 2.11. The molecule has 4 heteroatoms. The predicted molar refractivity (Wildman–Crippen MR) is 61.3 cm³/mol. The van der Waals surface area contributed by atoms with Gasteiger partial charge in [0.05, 0.1) is 5.75 Å². The van der Waals surface area contributed by atoms with Crippen LogP contribution in [-0.2, 0) is 9.84 Å². The van der Waals surface area contributed by atoms with E-state index in [0.717, 1.165) is 25.8 Å². The summed E-state index contributed by atoms with van der Waals surface area (Å²) in [5, 5.41) is 3.11. The van der Waals surface area contributed by atoms with Crippen LogP contribution in [0.15, 0.2) is 0 Å². The van der Waals surface area contributed by atoms with Crippen molar-refractivity contribution in [1.29, 1.82) is 0 Å². The molecule has 0 aliphatic heterocycles. The molecule has 0 bridgehead atoms. The van der Waals surface area contributed by atoms with Crippen molar-refractivity contribution in [2.24, 2.45) is 5.92 Å². The molecule has 0 radical (unpaired) electrons. The number of hydrogen-bond donors (Lipinski definition) is 1. The van der Waals surface area contributed by atoms with E-state index >= 15 is 0 Å². The summed E-state index contributed by atoms with van der Waals surface area (Å²) in [5.74, 6) is 1.12. The van der Waals surface area contributed by atoms with E-state index < -0.39 is 9.84 Å². The van der Waals surface area contributed by atoms with Crippen LogP contribution < -0.4 is 5.32 Å². The minimum Gasteiger partial charge on any atom is -0.319 e. The van der Waals surface area contributed by atoms with Gasteiger partial charge in [0.25, 0.3) is 0 Å². The molecule has 14 heavy (non-hydrogen) atoms.